The SMILES string of the molecule is Nc1cc(C(=O)O)c(F)cc1NCC1CCCC1CO. The molecular formula is C14H19FN2O3. The summed E-state index contributed by atoms with van der Waals surface area (Å²) >= 11 is 0. The second kappa shape index (κ2) is 6.09. The monoisotopic (exact) mass is 282 g/mol. The lowest BCUT2D eigenvalue weighted by molar-refractivity contribution is 0.0692. The first-order valence-corrected chi connectivity index (χ1v) is 6.70. The second-order valence-electron chi connectivity index (χ2n) is 5.24. The van der Waals surface area contributed by atoms with Crippen molar-refractivity contribution in [3.8, 4) is 0 Å². The number of nitrogens with two attached hydrogens (primary N) is 1. The van der Waals surface area contributed by atoms with E-state index in [-0.39, 0.29) is 18.2 Å². The molecule has 20 heavy (non-hydrogen) atoms. The fourth-order valence-corrected chi connectivity index (χ4v) is 2.77. The molecule has 0 amide bonds. The Kier molecular flexibility index (Phi) is 4.44. The normalized spacial score (nSPS) is 21.9. The predicted octanol–water partition coefficient (Wildman–Crippen LogP) is 1.93. The van der Waals surface area contributed by atoms with Crippen LogP contribution in [0.2, 0.25) is 0 Å². The maximum Gasteiger partial charge on any atom is 0.338 e. The number of aliphatic hydroxyl groups is 1. The second-order valence-corrected chi connectivity index (χ2v) is 5.24. The fraction of sp³-hybridized carbons (Fsp3) is 0.500. The first-order chi connectivity index (χ1) is 9.52. The zero-order valence-electron chi connectivity index (χ0n) is 11.1. The Balaban J connectivity index is 2.06. The summed E-state index contributed by atoms with van der Waals surface area (Å²) in [6.45, 7) is 0.759. The van der Waals surface area contributed by atoms with E-state index < -0.39 is 17.3 Å². The number of carbonyl (C=O) groups is 1. The van der Waals surface area contributed by atoms with Crippen molar-refractivity contribution in [2.24, 2.45) is 11.8 Å². The summed E-state index contributed by atoms with van der Waals surface area (Å²) in [7, 11) is 0. The van der Waals surface area contributed by atoms with Gasteiger partial charge in [0.2, 0.25) is 0 Å². The van der Waals surface area contributed by atoms with Gasteiger partial charge in [0, 0.05) is 13.2 Å². The Morgan fingerprint density at radius 1 is 1.40 bits per heavy atom. The van der Waals surface area contributed by atoms with Gasteiger partial charge in [-0.1, -0.05) is 6.42 Å². The van der Waals surface area contributed by atoms with E-state index in [2.05, 4.69) is 5.32 Å². The lowest BCUT2D eigenvalue weighted by Gasteiger charge is -2.19. The number of rotatable bonds is 5. The Labute approximate surface area is 116 Å². The summed E-state index contributed by atoms with van der Waals surface area (Å²) in [6, 6.07) is 2.24. The van der Waals surface area contributed by atoms with Crippen LogP contribution in [0.25, 0.3) is 0 Å². The van der Waals surface area contributed by atoms with Crippen LogP contribution in [0.4, 0.5) is 15.8 Å². The molecule has 0 bridgehead atoms. The van der Waals surface area contributed by atoms with Crippen LogP contribution >= 0.6 is 0 Å². The minimum atomic E-state index is -1.34. The molecule has 2 rings (SSSR count). The molecule has 110 valence electrons. The number of hydrogen-bond donors (Lipinski definition) is 4. The number of nitrogen functional groups attached to an aromatic ring is 1. The molecule has 1 aromatic rings. The molecule has 5 N–H and O–H groups in total. The third-order valence-corrected chi connectivity index (χ3v) is 3.98. The van der Waals surface area contributed by atoms with Crippen LogP contribution in [-0.4, -0.2) is 29.3 Å². The molecule has 0 radical (unpaired) electrons. The Bertz CT molecular complexity index is 507. The number of carboxylic acids is 1. The quantitative estimate of drug-likeness (QED) is 0.619. The molecule has 6 heteroatoms. The molecule has 0 saturated heterocycles. The number of benzene rings is 1. The zero-order valence-corrected chi connectivity index (χ0v) is 11.1. The molecular weight excluding hydrogens is 263 g/mol. The Morgan fingerprint density at radius 2 is 2.10 bits per heavy atom. The smallest absolute Gasteiger partial charge is 0.338 e. The number of carboxylic acid groups (broad SMARTS) is 1. The number of anilines is 2. The van der Waals surface area contributed by atoms with Gasteiger partial charge < -0.3 is 21.3 Å². The molecule has 2 unspecified atom stereocenters. The van der Waals surface area contributed by atoms with Gasteiger partial charge in [0.15, 0.2) is 0 Å². The molecule has 1 saturated carbocycles. The van der Waals surface area contributed by atoms with E-state index in [0.717, 1.165) is 31.4 Å². The first kappa shape index (κ1) is 14.6. The summed E-state index contributed by atoms with van der Waals surface area (Å²) in [6.07, 6.45) is 3.11. The van der Waals surface area contributed by atoms with Crippen molar-refractivity contribution in [2.45, 2.75) is 19.3 Å². The van der Waals surface area contributed by atoms with Crippen molar-refractivity contribution in [3.63, 3.8) is 0 Å². The Morgan fingerprint density at radius 3 is 2.75 bits per heavy atom. The van der Waals surface area contributed by atoms with Gasteiger partial charge in [-0.15, -0.1) is 0 Å². The third-order valence-electron chi connectivity index (χ3n) is 3.98. The highest BCUT2D eigenvalue weighted by Crippen LogP contribution is 2.32. The molecule has 5 nitrogen and oxygen atoms in total. The summed E-state index contributed by atoms with van der Waals surface area (Å²) in [4.78, 5) is 10.8. The summed E-state index contributed by atoms with van der Waals surface area (Å²) in [5.41, 5.74) is 5.92. The standard InChI is InChI=1S/C14H19FN2O3/c15-11-5-13(12(16)4-10(11)14(19)20)17-6-8-2-1-3-9(8)7-18/h4-5,8-9,17-18H,1-3,6-7,16H2,(H,19,20). The van der Waals surface area contributed by atoms with E-state index in [9.17, 15) is 14.3 Å². The van der Waals surface area contributed by atoms with Gasteiger partial charge in [-0.25, -0.2) is 9.18 Å². The third kappa shape index (κ3) is 3.01. The fourth-order valence-electron chi connectivity index (χ4n) is 2.77. The summed E-state index contributed by atoms with van der Waals surface area (Å²) in [5, 5.41) is 21.1. The van der Waals surface area contributed by atoms with Crippen LogP contribution < -0.4 is 11.1 Å². The van der Waals surface area contributed by atoms with Gasteiger partial charge >= 0.3 is 5.97 Å². The van der Waals surface area contributed by atoms with Crippen molar-refractivity contribution in [2.75, 3.05) is 24.2 Å². The van der Waals surface area contributed by atoms with Gasteiger partial charge in [-0.05, 0) is 36.8 Å². The summed E-state index contributed by atoms with van der Waals surface area (Å²) in [5.74, 6) is -1.54. The van der Waals surface area contributed by atoms with Crippen LogP contribution in [0.5, 0.6) is 0 Å². The molecule has 1 aliphatic rings. The number of halogens is 1. The van der Waals surface area contributed by atoms with Crippen molar-refractivity contribution in [3.05, 3.63) is 23.5 Å². The van der Waals surface area contributed by atoms with E-state index in [1.165, 1.54) is 0 Å². The first-order valence-electron chi connectivity index (χ1n) is 6.70. The van der Waals surface area contributed by atoms with E-state index >= 15 is 0 Å². The maximum absolute atomic E-state index is 13.6. The topological polar surface area (TPSA) is 95.6 Å². The predicted molar refractivity (Wildman–Crippen MR) is 74.2 cm³/mol. The average molecular weight is 282 g/mol. The van der Waals surface area contributed by atoms with E-state index in [4.69, 9.17) is 10.8 Å². The van der Waals surface area contributed by atoms with E-state index in [1.807, 2.05) is 0 Å². The van der Waals surface area contributed by atoms with Gasteiger partial charge in [0.25, 0.3) is 0 Å². The van der Waals surface area contributed by atoms with E-state index in [0.29, 0.717) is 18.2 Å². The van der Waals surface area contributed by atoms with Crippen LogP contribution in [0.3, 0.4) is 0 Å². The molecule has 1 aromatic carbocycles. The molecule has 2 atom stereocenters. The van der Waals surface area contributed by atoms with Gasteiger partial charge in [-0.2, -0.15) is 0 Å². The van der Waals surface area contributed by atoms with Gasteiger partial charge in [0.05, 0.1) is 16.9 Å². The molecule has 0 spiro atoms. The van der Waals surface area contributed by atoms with E-state index in [1.54, 1.807) is 0 Å². The number of hydrogen-bond acceptors (Lipinski definition) is 4. The largest absolute Gasteiger partial charge is 0.478 e. The van der Waals surface area contributed by atoms with Crippen LogP contribution in [-0.2, 0) is 0 Å². The highest BCUT2D eigenvalue weighted by molar-refractivity contribution is 5.90. The van der Waals surface area contributed by atoms with Gasteiger partial charge in [-0.3, -0.25) is 0 Å². The minimum Gasteiger partial charge on any atom is -0.478 e. The van der Waals surface area contributed by atoms with Crippen LogP contribution in [0.1, 0.15) is 29.6 Å². The highest BCUT2D eigenvalue weighted by atomic mass is 19.1. The molecule has 0 aliphatic heterocycles. The zero-order chi connectivity index (χ0) is 14.7. The minimum absolute atomic E-state index is 0.161. The molecule has 1 aliphatic carbocycles. The maximum atomic E-state index is 13.6. The van der Waals surface area contributed by atoms with Crippen molar-refractivity contribution >= 4 is 17.3 Å². The highest BCUT2D eigenvalue weighted by Gasteiger charge is 2.26. The Hall–Kier alpha value is -1.82. The van der Waals surface area contributed by atoms with Crippen molar-refractivity contribution < 1.29 is 19.4 Å². The number of aliphatic hydroxyl groups excluding tert-OH is 1. The number of aromatic carboxylic acids is 1. The molecule has 0 heterocycles. The summed E-state index contributed by atoms with van der Waals surface area (Å²) < 4.78 is 13.6. The van der Waals surface area contributed by atoms with Crippen LogP contribution in [0, 0.1) is 17.7 Å². The number of nitrogens with one attached hydrogen (secondary N) is 1. The molecule has 1 fully saturated rings. The lowest BCUT2D eigenvalue weighted by Crippen LogP contribution is -2.21. The average Bonchev–Trinajstić information content (AvgIpc) is 2.86. The van der Waals surface area contributed by atoms with Crippen LogP contribution in [0.15, 0.2) is 12.1 Å². The molecule has 0 aromatic heterocycles. The van der Waals surface area contributed by atoms with Crippen molar-refractivity contribution in [1.82, 2.24) is 0 Å². The van der Waals surface area contributed by atoms with Gasteiger partial charge in [0.1, 0.15) is 5.82 Å². The van der Waals surface area contributed by atoms with Crippen molar-refractivity contribution in [1.29, 1.82) is 0 Å². The lowest BCUT2D eigenvalue weighted by atomic mass is 9.97.